The minimum Gasteiger partial charge on any atom is -0.477 e. The zero-order valence-electron chi connectivity index (χ0n) is 18.1. The number of carboxylic acids is 1. The minimum absolute atomic E-state index is 0.00200. The molecule has 9 heteroatoms. The predicted molar refractivity (Wildman–Crippen MR) is 126 cm³/mol. The first-order valence-corrected chi connectivity index (χ1v) is 12.0. The normalized spacial score (nSPS) is 15.4. The molecule has 0 aliphatic heterocycles. The van der Waals surface area contributed by atoms with Crippen LogP contribution in [0.1, 0.15) is 37.9 Å². The monoisotopic (exact) mass is 486 g/mol. The van der Waals surface area contributed by atoms with Gasteiger partial charge in [-0.25, -0.2) is 9.18 Å². The molecule has 3 rings (SSSR count). The summed E-state index contributed by atoms with van der Waals surface area (Å²) in [5.41, 5.74) is -0.856. The van der Waals surface area contributed by atoms with Crippen LogP contribution in [-0.2, 0) is 15.0 Å². The maximum Gasteiger partial charge on any atom is 0.541 e. The zero-order chi connectivity index (χ0) is 24.6. The summed E-state index contributed by atoms with van der Waals surface area (Å²) in [4.78, 5) is 27.8. The molecule has 1 aromatic carbocycles. The first-order valence-electron chi connectivity index (χ1n) is 9.92. The van der Waals surface area contributed by atoms with Crippen molar-refractivity contribution in [3.8, 4) is 34.0 Å². The van der Waals surface area contributed by atoms with Crippen LogP contribution in [0.3, 0.4) is 0 Å². The van der Waals surface area contributed by atoms with Crippen LogP contribution in [0.25, 0.3) is 21.7 Å². The number of pyridine rings is 1. The first kappa shape index (κ1) is 24.7. The standard InChI is InChI=1S/C24H21FNO5PS/c1-5-24(22(27)28,32(30)31)23(4,29)20-17(15-8-10-16(25)11-9-15)13-18(19-7-6-12-33-19)26-21(20)14(2)3/h1,6-14,29H,2-4H3,(H-,27,28,30,31)/p+1. The Morgan fingerprint density at radius 1 is 1.27 bits per heavy atom. The van der Waals surface area contributed by atoms with E-state index in [0.717, 1.165) is 11.8 Å². The van der Waals surface area contributed by atoms with Crippen molar-refractivity contribution >= 4 is 25.3 Å². The molecular formula is C24H22FNO5PS+. The largest absolute Gasteiger partial charge is 0.541 e. The first-order chi connectivity index (χ1) is 15.5. The van der Waals surface area contributed by atoms with Gasteiger partial charge in [-0.1, -0.05) is 32.0 Å². The Morgan fingerprint density at radius 2 is 1.91 bits per heavy atom. The Bertz CT molecular complexity index is 1230. The third kappa shape index (κ3) is 4.09. The van der Waals surface area contributed by atoms with E-state index >= 15 is 0 Å². The molecule has 0 radical (unpaired) electrons. The van der Waals surface area contributed by atoms with Gasteiger partial charge in [-0.3, -0.25) is 4.98 Å². The number of aliphatic hydroxyl groups is 1. The molecule has 3 unspecified atom stereocenters. The van der Waals surface area contributed by atoms with Gasteiger partial charge in [-0.05, 0) is 64.1 Å². The number of rotatable bonds is 7. The van der Waals surface area contributed by atoms with Gasteiger partial charge in [0.25, 0.3) is 0 Å². The number of carbonyl (C=O) groups is 1. The molecule has 0 spiro atoms. The van der Waals surface area contributed by atoms with E-state index < -0.39 is 30.6 Å². The average molecular weight is 486 g/mol. The van der Waals surface area contributed by atoms with Gasteiger partial charge in [0, 0.05) is 5.56 Å². The Morgan fingerprint density at radius 3 is 2.36 bits per heavy atom. The number of benzene rings is 1. The van der Waals surface area contributed by atoms with Gasteiger partial charge in [-0.15, -0.1) is 17.8 Å². The summed E-state index contributed by atoms with van der Waals surface area (Å²) >= 11 is 1.44. The van der Waals surface area contributed by atoms with Crippen LogP contribution in [0, 0.1) is 18.2 Å². The topological polar surface area (TPSA) is 108 Å². The van der Waals surface area contributed by atoms with E-state index in [0.29, 0.717) is 22.5 Å². The molecule has 3 atom stereocenters. The number of thiophene rings is 1. The second kappa shape index (κ2) is 9.12. The number of aliphatic carboxylic acids is 1. The SMILES string of the molecule is C#CC(C(=O)O)([P+](=O)O)C(C)(O)c1c(-c2ccc(F)cc2)cc(-c2cccs2)nc1C(C)C. The predicted octanol–water partition coefficient (Wildman–Crippen LogP) is 5.14. The van der Waals surface area contributed by atoms with Crippen molar-refractivity contribution in [1.82, 2.24) is 4.98 Å². The lowest BCUT2D eigenvalue weighted by Gasteiger charge is -2.33. The lowest BCUT2D eigenvalue weighted by Crippen LogP contribution is -2.53. The molecule has 0 fully saturated rings. The van der Waals surface area contributed by atoms with Crippen LogP contribution in [0.15, 0.2) is 47.8 Å². The summed E-state index contributed by atoms with van der Waals surface area (Å²) in [6.45, 7) is 4.70. The second-order valence-corrected chi connectivity index (χ2v) is 10.1. The summed E-state index contributed by atoms with van der Waals surface area (Å²) in [5.74, 6) is -0.747. The van der Waals surface area contributed by atoms with Crippen LogP contribution >= 0.6 is 19.4 Å². The Kier molecular flexibility index (Phi) is 6.83. The van der Waals surface area contributed by atoms with Crippen molar-refractivity contribution in [2.75, 3.05) is 0 Å². The molecule has 0 aliphatic carbocycles. The van der Waals surface area contributed by atoms with Crippen LogP contribution < -0.4 is 0 Å². The second-order valence-electron chi connectivity index (χ2n) is 7.96. The van der Waals surface area contributed by atoms with Crippen LogP contribution in [0.2, 0.25) is 0 Å². The van der Waals surface area contributed by atoms with Crippen molar-refractivity contribution in [2.24, 2.45) is 0 Å². The third-order valence-electron chi connectivity index (χ3n) is 5.52. The van der Waals surface area contributed by atoms with Crippen LogP contribution in [0.5, 0.6) is 0 Å². The van der Waals surface area contributed by atoms with Gasteiger partial charge in [0.2, 0.25) is 0 Å². The molecule has 2 heterocycles. The molecule has 170 valence electrons. The van der Waals surface area contributed by atoms with Gasteiger partial charge in [0.05, 0.1) is 16.3 Å². The molecular weight excluding hydrogens is 464 g/mol. The highest BCUT2D eigenvalue weighted by atomic mass is 32.1. The minimum atomic E-state index is -3.58. The highest BCUT2D eigenvalue weighted by Gasteiger charge is 2.70. The van der Waals surface area contributed by atoms with E-state index in [9.17, 15) is 28.9 Å². The van der Waals surface area contributed by atoms with Gasteiger partial charge in [-0.2, -0.15) is 4.89 Å². The van der Waals surface area contributed by atoms with Crippen molar-refractivity contribution < 1.29 is 28.9 Å². The summed E-state index contributed by atoms with van der Waals surface area (Å²) < 4.78 is 26.0. The van der Waals surface area contributed by atoms with Crippen molar-refractivity contribution in [2.45, 2.75) is 37.4 Å². The van der Waals surface area contributed by atoms with E-state index in [1.807, 2.05) is 23.4 Å². The van der Waals surface area contributed by atoms with E-state index in [2.05, 4.69) is 4.98 Å². The van der Waals surface area contributed by atoms with E-state index in [-0.39, 0.29) is 11.5 Å². The molecule has 0 bridgehead atoms. The fraction of sp³-hybridized carbons (Fsp3) is 0.250. The van der Waals surface area contributed by atoms with Gasteiger partial charge in [0.15, 0.2) is 5.60 Å². The maximum atomic E-state index is 13.7. The number of halogens is 1. The fourth-order valence-corrected chi connectivity index (χ4v) is 5.26. The highest BCUT2D eigenvalue weighted by molar-refractivity contribution is 7.42. The Hall–Kier alpha value is -2.95. The van der Waals surface area contributed by atoms with Gasteiger partial charge < -0.3 is 10.2 Å². The summed E-state index contributed by atoms with van der Waals surface area (Å²) in [7, 11) is -3.58. The molecule has 0 saturated carbocycles. The van der Waals surface area contributed by atoms with Gasteiger partial charge in [0.1, 0.15) is 5.82 Å². The molecule has 0 amide bonds. The summed E-state index contributed by atoms with van der Waals surface area (Å²) in [5, 5.41) is 20.6. The molecule has 3 N–H and O–H groups in total. The highest BCUT2D eigenvalue weighted by Crippen LogP contribution is 2.52. The Balaban J connectivity index is 2.50. The van der Waals surface area contributed by atoms with Crippen molar-refractivity contribution in [3.63, 3.8) is 0 Å². The van der Waals surface area contributed by atoms with Crippen LogP contribution in [-0.4, -0.2) is 31.2 Å². The summed E-state index contributed by atoms with van der Waals surface area (Å²) in [6.07, 6.45) is 5.47. The lowest BCUT2D eigenvalue weighted by molar-refractivity contribution is -0.145. The van der Waals surface area contributed by atoms with Crippen molar-refractivity contribution in [3.05, 3.63) is 64.9 Å². The number of terminal acetylenes is 1. The number of aromatic nitrogens is 1. The molecule has 0 saturated heterocycles. The average Bonchev–Trinajstić information content (AvgIpc) is 3.28. The van der Waals surface area contributed by atoms with E-state index in [1.165, 1.54) is 35.6 Å². The third-order valence-corrected chi connectivity index (χ3v) is 7.74. The lowest BCUT2D eigenvalue weighted by atomic mass is 9.76. The van der Waals surface area contributed by atoms with E-state index in [4.69, 9.17) is 6.42 Å². The summed E-state index contributed by atoms with van der Waals surface area (Å²) in [6, 6.07) is 10.8. The number of nitrogens with zero attached hydrogens (tertiary/aromatic N) is 1. The molecule has 6 nitrogen and oxygen atoms in total. The van der Waals surface area contributed by atoms with E-state index in [1.54, 1.807) is 19.9 Å². The number of carboxylic acid groups (broad SMARTS) is 1. The maximum absolute atomic E-state index is 13.7. The van der Waals surface area contributed by atoms with Crippen LogP contribution in [0.4, 0.5) is 4.39 Å². The fourth-order valence-electron chi connectivity index (χ4n) is 3.82. The molecule has 2 aromatic heterocycles. The molecule has 3 aromatic rings. The smallest absolute Gasteiger partial charge is 0.477 e. The Labute approximate surface area is 195 Å². The zero-order valence-corrected chi connectivity index (χ0v) is 19.8. The molecule has 33 heavy (non-hydrogen) atoms. The number of hydrogen-bond acceptors (Lipinski definition) is 5. The quantitative estimate of drug-likeness (QED) is 0.315. The number of hydrogen-bond donors (Lipinski definition) is 3. The van der Waals surface area contributed by atoms with Gasteiger partial charge >= 0.3 is 19.2 Å². The molecule has 0 aliphatic rings. The van der Waals surface area contributed by atoms with Crippen molar-refractivity contribution in [1.29, 1.82) is 0 Å².